The van der Waals surface area contributed by atoms with Crippen LogP contribution in [0, 0.1) is 0 Å². The molecule has 2 rings (SSSR count). The second-order valence-electron chi connectivity index (χ2n) is 2.80. The van der Waals surface area contributed by atoms with E-state index < -0.39 is 6.43 Å². The number of halogens is 2. The Morgan fingerprint density at radius 3 is 2.47 bits per heavy atom. The highest BCUT2D eigenvalue weighted by Gasteiger charge is 2.11. The number of pyridine rings is 1. The van der Waals surface area contributed by atoms with Crippen LogP contribution in [0.15, 0.2) is 24.7 Å². The summed E-state index contributed by atoms with van der Waals surface area (Å²) < 4.78 is 24.6. The van der Waals surface area contributed by atoms with Gasteiger partial charge in [0.2, 0.25) is 0 Å². The molecular weight excluding hydrogens is 204 g/mol. The summed E-state index contributed by atoms with van der Waals surface area (Å²) in [4.78, 5) is 4.95. The molecule has 0 unspecified atom stereocenters. The Bertz CT molecular complexity index is 454. The van der Waals surface area contributed by atoms with Gasteiger partial charge in [0.15, 0.2) is 5.82 Å². The van der Waals surface area contributed by atoms with Crippen LogP contribution in [0.2, 0.25) is 0 Å². The molecule has 0 saturated carbocycles. The van der Waals surface area contributed by atoms with Crippen molar-refractivity contribution in [2.24, 2.45) is 0 Å². The van der Waals surface area contributed by atoms with Gasteiger partial charge >= 0.3 is 0 Å². The van der Waals surface area contributed by atoms with Crippen molar-refractivity contribution in [1.82, 2.24) is 20.0 Å². The summed E-state index contributed by atoms with van der Waals surface area (Å²) in [6, 6.07) is 1.16. The van der Waals surface area contributed by atoms with E-state index in [4.69, 9.17) is 5.73 Å². The van der Waals surface area contributed by atoms with Gasteiger partial charge in [-0.2, -0.15) is 10.2 Å². The molecule has 15 heavy (non-hydrogen) atoms. The zero-order valence-electron chi connectivity index (χ0n) is 7.51. The van der Waals surface area contributed by atoms with Crippen LogP contribution in [0.1, 0.15) is 12.0 Å². The highest BCUT2D eigenvalue weighted by molar-refractivity contribution is 5.53. The van der Waals surface area contributed by atoms with Crippen molar-refractivity contribution in [1.29, 1.82) is 0 Å². The van der Waals surface area contributed by atoms with Crippen molar-refractivity contribution in [3.8, 4) is 5.82 Å². The van der Waals surface area contributed by atoms with Crippen molar-refractivity contribution < 1.29 is 8.78 Å². The average Bonchev–Trinajstić information content (AvgIpc) is 2.70. The van der Waals surface area contributed by atoms with E-state index in [2.05, 4.69) is 15.2 Å². The molecule has 0 saturated heterocycles. The maximum Gasteiger partial charge on any atom is 0.265 e. The summed E-state index contributed by atoms with van der Waals surface area (Å²) >= 11 is 0. The molecule has 2 heterocycles. The summed E-state index contributed by atoms with van der Waals surface area (Å²) in [5, 5.41) is 7.59. The van der Waals surface area contributed by atoms with Gasteiger partial charge in [0.25, 0.3) is 6.43 Å². The zero-order chi connectivity index (χ0) is 10.8. The molecule has 0 aromatic carbocycles. The third-order valence-electron chi connectivity index (χ3n) is 1.78. The molecular formula is C8H7F2N5. The van der Waals surface area contributed by atoms with Crippen molar-refractivity contribution >= 4 is 5.69 Å². The largest absolute Gasteiger partial charge is 0.396 e. The first-order valence-corrected chi connectivity index (χ1v) is 4.08. The van der Waals surface area contributed by atoms with Crippen molar-refractivity contribution in [3.05, 3.63) is 30.2 Å². The van der Waals surface area contributed by atoms with E-state index in [9.17, 15) is 8.78 Å². The van der Waals surface area contributed by atoms with Gasteiger partial charge in [-0.15, -0.1) is 4.80 Å². The number of hydrogen-bond acceptors (Lipinski definition) is 4. The highest BCUT2D eigenvalue weighted by Crippen LogP contribution is 2.22. The fourth-order valence-corrected chi connectivity index (χ4v) is 1.10. The first-order chi connectivity index (χ1) is 7.18. The normalized spacial score (nSPS) is 10.9. The molecule has 0 aliphatic rings. The first-order valence-electron chi connectivity index (χ1n) is 4.08. The Morgan fingerprint density at radius 2 is 1.93 bits per heavy atom. The quantitative estimate of drug-likeness (QED) is 0.809. The third kappa shape index (κ3) is 1.76. The number of nitrogen functional groups attached to an aromatic ring is 1. The summed E-state index contributed by atoms with van der Waals surface area (Å²) in [6.07, 6.45) is 1.36. The van der Waals surface area contributed by atoms with Crippen molar-refractivity contribution in [3.63, 3.8) is 0 Å². The minimum atomic E-state index is -2.58. The maximum atomic E-state index is 12.3. The molecule has 0 aliphatic heterocycles. The Balaban J connectivity index is 2.44. The van der Waals surface area contributed by atoms with E-state index in [-0.39, 0.29) is 17.1 Å². The molecule has 0 amide bonds. The first kappa shape index (κ1) is 9.50. The molecule has 0 fully saturated rings. The van der Waals surface area contributed by atoms with Gasteiger partial charge in [-0.1, -0.05) is 0 Å². The number of anilines is 1. The second-order valence-corrected chi connectivity index (χ2v) is 2.80. The summed E-state index contributed by atoms with van der Waals surface area (Å²) in [5.74, 6) is 0.240. The number of aromatic nitrogens is 4. The predicted molar refractivity (Wildman–Crippen MR) is 48.5 cm³/mol. The van der Waals surface area contributed by atoms with E-state index in [0.717, 1.165) is 12.3 Å². The molecule has 0 bridgehead atoms. The molecule has 2 N–H and O–H groups in total. The Kier molecular flexibility index (Phi) is 2.28. The van der Waals surface area contributed by atoms with Crippen LogP contribution in [-0.2, 0) is 0 Å². The zero-order valence-corrected chi connectivity index (χ0v) is 7.51. The molecule has 5 nitrogen and oxygen atoms in total. The molecule has 0 aliphatic carbocycles. The average molecular weight is 211 g/mol. The smallest absolute Gasteiger partial charge is 0.265 e. The molecule has 0 radical (unpaired) electrons. The molecule has 0 spiro atoms. The molecule has 7 heteroatoms. The van der Waals surface area contributed by atoms with E-state index in [1.807, 2.05) is 0 Å². The number of nitrogens with two attached hydrogens (primary N) is 1. The van der Waals surface area contributed by atoms with Crippen LogP contribution in [0.3, 0.4) is 0 Å². The standard InChI is InChI=1S/C8H7F2N5/c9-7(10)5-3-6(11)8(12-4-5)15-13-1-2-14-15/h1-4,7H,11H2. The van der Waals surface area contributed by atoms with E-state index in [1.54, 1.807) is 0 Å². The number of hydrogen-bond donors (Lipinski definition) is 1. The molecule has 2 aromatic heterocycles. The highest BCUT2D eigenvalue weighted by atomic mass is 19.3. The van der Waals surface area contributed by atoms with Crippen LogP contribution in [0.25, 0.3) is 5.82 Å². The van der Waals surface area contributed by atoms with Gasteiger partial charge in [0.05, 0.1) is 18.1 Å². The van der Waals surface area contributed by atoms with Gasteiger partial charge in [-0.3, -0.25) is 0 Å². The summed E-state index contributed by atoms with van der Waals surface area (Å²) in [7, 11) is 0. The van der Waals surface area contributed by atoms with Crippen LogP contribution in [-0.4, -0.2) is 20.0 Å². The fraction of sp³-hybridized carbons (Fsp3) is 0.125. The number of rotatable bonds is 2. The van der Waals surface area contributed by atoms with Gasteiger partial charge in [0, 0.05) is 11.8 Å². The van der Waals surface area contributed by atoms with Gasteiger partial charge in [-0.25, -0.2) is 13.8 Å². The van der Waals surface area contributed by atoms with E-state index in [1.165, 1.54) is 17.2 Å². The van der Waals surface area contributed by atoms with Crippen LogP contribution < -0.4 is 5.73 Å². The maximum absolute atomic E-state index is 12.3. The van der Waals surface area contributed by atoms with Crippen molar-refractivity contribution in [2.75, 3.05) is 5.73 Å². The molecule has 78 valence electrons. The minimum Gasteiger partial charge on any atom is -0.396 e. The predicted octanol–water partition coefficient (Wildman–Crippen LogP) is 1.18. The van der Waals surface area contributed by atoms with Crippen LogP contribution in [0.4, 0.5) is 14.5 Å². The topological polar surface area (TPSA) is 69.6 Å². The van der Waals surface area contributed by atoms with Gasteiger partial charge < -0.3 is 5.73 Å². The van der Waals surface area contributed by atoms with E-state index >= 15 is 0 Å². The lowest BCUT2D eigenvalue weighted by Gasteiger charge is -2.05. The number of nitrogens with zero attached hydrogens (tertiary/aromatic N) is 4. The molecule has 0 atom stereocenters. The number of alkyl halides is 2. The monoisotopic (exact) mass is 211 g/mol. The second kappa shape index (κ2) is 3.60. The Morgan fingerprint density at radius 1 is 1.27 bits per heavy atom. The van der Waals surface area contributed by atoms with Crippen LogP contribution in [0.5, 0.6) is 0 Å². The Labute approximate surface area is 83.5 Å². The van der Waals surface area contributed by atoms with Crippen LogP contribution >= 0.6 is 0 Å². The van der Waals surface area contributed by atoms with Crippen molar-refractivity contribution in [2.45, 2.75) is 6.43 Å². The summed E-state index contributed by atoms with van der Waals surface area (Å²) in [6.45, 7) is 0. The lowest BCUT2D eigenvalue weighted by atomic mass is 10.2. The SMILES string of the molecule is Nc1cc(C(F)F)cnc1-n1nccn1. The van der Waals surface area contributed by atoms with Gasteiger partial charge in [-0.05, 0) is 6.07 Å². The lowest BCUT2D eigenvalue weighted by Crippen LogP contribution is -2.06. The Hall–Kier alpha value is -2.05. The lowest BCUT2D eigenvalue weighted by molar-refractivity contribution is 0.151. The summed E-state index contributed by atoms with van der Waals surface area (Å²) in [5.41, 5.74) is 5.45. The van der Waals surface area contributed by atoms with E-state index in [0.29, 0.717) is 0 Å². The van der Waals surface area contributed by atoms with Gasteiger partial charge in [0.1, 0.15) is 0 Å². The third-order valence-corrected chi connectivity index (χ3v) is 1.78. The molecule has 2 aromatic rings. The minimum absolute atomic E-state index is 0.115. The fourth-order valence-electron chi connectivity index (χ4n) is 1.10.